The highest BCUT2D eigenvalue weighted by Gasteiger charge is 2.26. The van der Waals surface area contributed by atoms with E-state index in [4.69, 9.17) is 0 Å². The molecule has 2 heteroatoms. The minimum absolute atomic E-state index is 0.138. The summed E-state index contributed by atoms with van der Waals surface area (Å²) in [6.07, 6.45) is 12.9. The molecule has 2 aliphatic rings. The van der Waals surface area contributed by atoms with E-state index in [1.165, 1.54) is 51.4 Å². The predicted octanol–water partition coefficient (Wildman–Crippen LogP) is 2.67. The average Bonchev–Trinajstić information content (AvgIpc) is 2.55. The standard InChI is InChI=1S/C13H23NO/c15-10-12-8-4-5-9-13(14-12)11-6-2-1-3-7-11/h10-14H,1-9H2. The number of nitrogens with one attached hydrogen (secondary N) is 1. The zero-order valence-electron chi connectivity index (χ0n) is 9.58. The zero-order valence-corrected chi connectivity index (χ0v) is 9.58. The Morgan fingerprint density at radius 1 is 0.867 bits per heavy atom. The van der Waals surface area contributed by atoms with Crippen LogP contribution in [0.5, 0.6) is 0 Å². The minimum Gasteiger partial charge on any atom is -0.305 e. The van der Waals surface area contributed by atoms with Gasteiger partial charge in [-0.1, -0.05) is 32.1 Å². The van der Waals surface area contributed by atoms with Crippen LogP contribution in [0.1, 0.15) is 57.8 Å². The molecule has 2 fully saturated rings. The Morgan fingerprint density at radius 2 is 1.53 bits per heavy atom. The molecule has 1 heterocycles. The molecule has 0 bridgehead atoms. The molecule has 0 spiro atoms. The molecular formula is C13H23NO. The van der Waals surface area contributed by atoms with Gasteiger partial charge in [-0.2, -0.15) is 0 Å². The molecule has 86 valence electrons. The van der Waals surface area contributed by atoms with Crippen molar-refractivity contribution >= 4 is 6.29 Å². The third kappa shape index (κ3) is 3.04. The molecular weight excluding hydrogens is 186 g/mol. The highest BCUT2D eigenvalue weighted by atomic mass is 16.1. The van der Waals surface area contributed by atoms with Crippen molar-refractivity contribution in [1.82, 2.24) is 5.32 Å². The van der Waals surface area contributed by atoms with Gasteiger partial charge in [0.1, 0.15) is 6.29 Å². The van der Waals surface area contributed by atoms with Gasteiger partial charge >= 0.3 is 0 Å². The summed E-state index contributed by atoms with van der Waals surface area (Å²) >= 11 is 0. The number of carbonyl (C=O) groups is 1. The molecule has 0 radical (unpaired) electrons. The Kier molecular flexibility index (Phi) is 4.18. The van der Waals surface area contributed by atoms with Gasteiger partial charge in [0.15, 0.2) is 0 Å². The first-order chi connectivity index (χ1) is 7.40. The molecule has 2 nitrogen and oxygen atoms in total. The van der Waals surface area contributed by atoms with Gasteiger partial charge in [-0.15, -0.1) is 0 Å². The molecule has 1 aliphatic carbocycles. The maximum Gasteiger partial charge on any atom is 0.136 e. The predicted molar refractivity (Wildman–Crippen MR) is 61.8 cm³/mol. The second-order valence-corrected chi connectivity index (χ2v) is 5.20. The van der Waals surface area contributed by atoms with E-state index in [2.05, 4.69) is 5.32 Å². The van der Waals surface area contributed by atoms with Crippen molar-refractivity contribution < 1.29 is 4.79 Å². The SMILES string of the molecule is O=CC1CCCCC(C2CCCCC2)N1. The summed E-state index contributed by atoms with van der Waals surface area (Å²) in [5.74, 6) is 0.847. The summed E-state index contributed by atoms with van der Waals surface area (Å²) in [6, 6.07) is 0.766. The van der Waals surface area contributed by atoms with E-state index in [1.54, 1.807) is 0 Å². The molecule has 0 aromatic heterocycles. The van der Waals surface area contributed by atoms with E-state index in [0.717, 1.165) is 18.6 Å². The fraction of sp³-hybridized carbons (Fsp3) is 0.923. The summed E-state index contributed by atoms with van der Waals surface area (Å²) in [4.78, 5) is 10.9. The van der Waals surface area contributed by atoms with Crippen LogP contribution >= 0.6 is 0 Å². The van der Waals surface area contributed by atoms with E-state index in [1.807, 2.05) is 0 Å². The van der Waals surface area contributed by atoms with Crippen LogP contribution in [-0.2, 0) is 4.79 Å². The lowest BCUT2D eigenvalue weighted by atomic mass is 9.82. The van der Waals surface area contributed by atoms with Crippen molar-refractivity contribution in [3.63, 3.8) is 0 Å². The Bertz CT molecular complexity index is 199. The second kappa shape index (κ2) is 5.64. The van der Waals surface area contributed by atoms with E-state index < -0.39 is 0 Å². The van der Waals surface area contributed by atoms with Crippen LogP contribution in [0.3, 0.4) is 0 Å². The van der Waals surface area contributed by atoms with Crippen molar-refractivity contribution in [2.75, 3.05) is 0 Å². The summed E-state index contributed by atoms with van der Waals surface area (Å²) in [6.45, 7) is 0. The van der Waals surface area contributed by atoms with Crippen molar-refractivity contribution in [2.45, 2.75) is 69.9 Å². The maximum atomic E-state index is 10.9. The van der Waals surface area contributed by atoms with Crippen LogP contribution in [0.4, 0.5) is 0 Å². The van der Waals surface area contributed by atoms with E-state index >= 15 is 0 Å². The second-order valence-electron chi connectivity index (χ2n) is 5.20. The maximum absolute atomic E-state index is 10.9. The molecule has 1 aliphatic heterocycles. The number of hydrogen-bond acceptors (Lipinski definition) is 2. The van der Waals surface area contributed by atoms with Gasteiger partial charge in [-0.25, -0.2) is 0 Å². The van der Waals surface area contributed by atoms with Crippen LogP contribution in [0.25, 0.3) is 0 Å². The molecule has 0 amide bonds. The Morgan fingerprint density at radius 3 is 2.27 bits per heavy atom. The smallest absolute Gasteiger partial charge is 0.136 e. The number of aldehydes is 1. The monoisotopic (exact) mass is 209 g/mol. The van der Waals surface area contributed by atoms with Crippen molar-refractivity contribution in [3.05, 3.63) is 0 Å². The topological polar surface area (TPSA) is 29.1 Å². The van der Waals surface area contributed by atoms with Gasteiger partial charge in [-0.3, -0.25) is 0 Å². The number of rotatable bonds is 2. The lowest BCUT2D eigenvalue weighted by molar-refractivity contribution is -0.109. The molecule has 15 heavy (non-hydrogen) atoms. The third-order valence-corrected chi connectivity index (χ3v) is 4.09. The Hall–Kier alpha value is -0.370. The lowest BCUT2D eigenvalue weighted by Crippen LogP contribution is -2.42. The first-order valence-corrected chi connectivity index (χ1v) is 6.61. The molecule has 1 N–H and O–H groups in total. The van der Waals surface area contributed by atoms with E-state index in [9.17, 15) is 4.79 Å². The van der Waals surface area contributed by atoms with Crippen molar-refractivity contribution in [3.8, 4) is 0 Å². The van der Waals surface area contributed by atoms with Gasteiger partial charge in [0.25, 0.3) is 0 Å². The Balaban J connectivity index is 1.90. The molecule has 1 saturated carbocycles. The van der Waals surface area contributed by atoms with Crippen LogP contribution in [0, 0.1) is 5.92 Å². The normalized spacial score (nSPS) is 34.7. The molecule has 0 aromatic carbocycles. The summed E-state index contributed by atoms with van der Waals surface area (Å²) < 4.78 is 0. The fourth-order valence-electron chi connectivity index (χ4n) is 3.19. The molecule has 2 rings (SSSR count). The van der Waals surface area contributed by atoms with Crippen LogP contribution in [-0.4, -0.2) is 18.4 Å². The Labute approximate surface area is 92.8 Å². The van der Waals surface area contributed by atoms with Crippen LogP contribution in [0.15, 0.2) is 0 Å². The van der Waals surface area contributed by atoms with Crippen molar-refractivity contribution in [2.24, 2.45) is 5.92 Å². The van der Waals surface area contributed by atoms with Gasteiger partial charge in [0.05, 0.1) is 6.04 Å². The number of carbonyl (C=O) groups excluding carboxylic acids is 1. The summed E-state index contributed by atoms with van der Waals surface area (Å²) in [5.41, 5.74) is 0. The first-order valence-electron chi connectivity index (χ1n) is 6.61. The molecule has 2 unspecified atom stereocenters. The zero-order chi connectivity index (χ0) is 10.5. The molecule has 2 atom stereocenters. The summed E-state index contributed by atoms with van der Waals surface area (Å²) in [7, 11) is 0. The van der Waals surface area contributed by atoms with E-state index in [-0.39, 0.29) is 6.04 Å². The molecule has 0 aromatic rings. The number of hydrogen-bond donors (Lipinski definition) is 1. The minimum atomic E-state index is 0.138. The average molecular weight is 209 g/mol. The van der Waals surface area contributed by atoms with Gasteiger partial charge in [0, 0.05) is 6.04 Å². The lowest BCUT2D eigenvalue weighted by Gasteiger charge is -2.31. The van der Waals surface area contributed by atoms with E-state index in [0.29, 0.717) is 6.04 Å². The fourth-order valence-corrected chi connectivity index (χ4v) is 3.19. The first kappa shape index (κ1) is 11.1. The van der Waals surface area contributed by atoms with Crippen molar-refractivity contribution in [1.29, 1.82) is 0 Å². The quantitative estimate of drug-likeness (QED) is 0.708. The van der Waals surface area contributed by atoms with Gasteiger partial charge in [-0.05, 0) is 31.6 Å². The highest BCUT2D eigenvalue weighted by molar-refractivity contribution is 5.57. The van der Waals surface area contributed by atoms with Gasteiger partial charge < -0.3 is 10.1 Å². The summed E-state index contributed by atoms with van der Waals surface area (Å²) in [5, 5.41) is 3.57. The highest BCUT2D eigenvalue weighted by Crippen LogP contribution is 2.30. The van der Waals surface area contributed by atoms with Crippen LogP contribution in [0.2, 0.25) is 0 Å². The van der Waals surface area contributed by atoms with Crippen LogP contribution < -0.4 is 5.32 Å². The largest absolute Gasteiger partial charge is 0.305 e. The third-order valence-electron chi connectivity index (χ3n) is 4.09. The molecule has 1 saturated heterocycles. The van der Waals surface area contributed by atoms with Gasteiger partial charge in [0.2, 0.25) is 0 Å².